The molecule has 0 radical (unpaired) electrons. The quantitative estimate of drug-likeness (QED) is 0.794. The monoisotopic (exact) mass is 324 g/mol. The first-order valence-electron chi connectivity index (χ1n) is 7.96. The first kappa shape index (κ1) is 16.1. The summed E-state index contributed by atoms with van der Waals surface area (Å²) in [6, 6.07) is 14.4. The molecule has 1 atom stereocenters. The molecule has 6 heteroatoms. The van der Waals surface area contributed by atoms with Crippen LogP contribution in [0.1, 0.15) is 17.7 Å². The Morgan fingerprint density at radius 1 is 1.25 bits per heavy atom. The van der Waals surface area contributed by atoms with E-state index in [2.05, 4.69) is 44.7 Å². The second-order valence-corrected chi connectivity index (χ2v) is 5.87. The third kappa shape index (κ3) is 4.63. The fraction of sp³-hybridized carbons (Fsp3) is 0.278. The van der Waals surface area contributed by atoms with Crippen molar-refractivity contribution in [3.05, 3.63) is 59.8 Å². The molecule has 0 unspecified atom stereocenters. The average Bonchev–Trinajstić information content (AvgIpc) is 3.02. The van der Waals surface area contributed by atoms with Gasteiger partial charge in [-0.05, 0) is 30.2 Å². The molecule has 0 aliphatic carbocycles. The number of hydrogen-bond donors (Lipinski definition) is 2. The number of nitrogens with zero attached hydrogens (tertiary/aromatic N) is 3. The Kier molecular flexibility index (Phi) is 5.18. The molecule has 0 spiro atoms. The highest BCUT2D eigenvalue weighted by molar-refractivity contribution is 5.84. The number of aliphatic carboxylic acids is 1. The van der Waals surface area contributed by atoms with Crippen LogP contribution in [0, 0.1) is 0 Å². The Bertz CT molecular complexity index is 701. The van der Waals surface area contributed by atoms with Crippen molar-refractivity contribution in [3.8, 4) is 0 Å². The van der Waals surface area contributed by atoms with Gasteiger partial charge in [0.25, 0.3) is 0 Å². The lowest BCUT2D eigenvalue weighted by Gasteiger charge is -2.17. The molecule has 0 saturated carbocycles. The molecule has 1 aromatic carbocycles. The van der Waals surface area contributed by atoms with Gasteiger partial charge in [-0.25, -0.2) is 4.79 Å². The van der Waals surface area contributed by atoms with E-state index in [-0.39, 0.29) is 0 Å². The minimum Gasteiger partial charge on any atom is -0.478 e. The van der Waals surface area contributed by atoms with E-state index >= 15 is 0 Å². The van der Waals surface area contributed by atoms with Crippen molar-refractivity contribution in [1.29, 1.82) is 0 Å². The third-order valence-electron chi connectivity index (χ3n) is 3.96. The second-order valence-electron chi connectivity index (χ2n) is 5.87. The van der Waals surface area contributed by atoms with E-state index in [9.17, 15) is 4.79 Å². The lowest BCUT2D eigenvalue weighted by molar-refractivity contribution is -0.131. The number of hydrogen-bond acceptors (Lipinski definition) is 5. The van der Waals surface area contributed by atoms with Crippen LogP contribution in [0.4, 0.5) is 5.82 Å². The Morgan fingerprint density at radius 2 is 2.08 bits per heavy atom. The molecule has 1 aromatic heterocycles. The third-order valence-corrected chi connectivity index (χ3v) is 3.96. The first-order valence-corrected chi connectivity index (χ1v) is 7.96. The van der Waals surface area contributed by atoms with E-state index in [1.165, 1.54) is 11.6 Å². The zero-order chi connectivity index (χ0) is 16.8. The van der Waals surface area contributed by atoms with Crippen LogP contribution in [-0.2, 0) is 11.3 Å². The smallest absolute Gasteiger partial charge is 0.328 e. The molecule has 6 nitrogen and oxygen atoms in total. The van der Waals surface area contributed by atoms with E-state index in [0.717, 1.165) is 32.1 Å². The second kappa shape index (κ2) is 7.70. The Morgan fingerprint density at radius 3 is 2.79 bits per heavy atom. The average molecular weight is 324 g/mol. The summed E-state index contributed by atoms with van der Waals surface area (Å²) in [4.78, 5) is 12.9. The molecule has 1 aliphatic rings. The molecule has 2 aromatic rings. The molecule has 0 amide bonds. The molecule has 1 aliphatic heterocycles. The van der Waals surface area contributed by atoms with Crippen molar-refractivity contribution < 1.29 is 9.90 Å². The van der Waals surface area contributed by atoms with Crippen LogP contribution in [0.5, 0.6) is 0 Å². The Labute approximate surface area is 140 Å². The van der Waals surface area contributed by atoms with Crippen LogP contribution < -0.4 is 5.32 Å². The molecule has 2 heterocycles. The molecular formula is C18H20N4O2. The maximum atomic E-state index is 10.5. The molecule has 2 N–H and O–H groups in total. The zero-order valence-corrected chi connectivity index (χ0v) is 13.3. The fourth-order valence-corrected chi connectivity index (χ4v) is 2.81. The summed E-state index contributed by atoms with van der Waals surface area (Å²) in [5, 5.41) is 20.1. The minimum atomic E-state index is -0.997. The first-order chi connectivity index (χ1) is 11.7. The van der Waals surface area contributed by atoms with Gasteiger partial charge in [-0.1, -0.05) is 30.3 Å². The van der Waals surface area contributed by atoms with Crippen molar-refractivity contribution in [2.45, 2.75) is 19.0 Å². The predicted molar refractivity (Wildman–Crippen MR) is 92.4 cm³/mol. The molecule has 1 fully saturated rings. The highest BCUT2D eigenvalue weighted by Crippen LogP contribution is 2.16. The normalized spacial score (nSPS) is 18.1. The Balaban J connectivity index is 1.51. The van der Waals surface area contributed by atoms with Gasteiger partial charge in [0.1, 0.15) is 5.82 Å². The largest absolute Gasteiger partial charge is 0.478 e. The number of nitrogens with one attached hydrogen (secondary N) is 1. The number of carbonyl (C=O) groups is 1. The summed E-state index contributed by atoms with van der Waals surface area (Å²) in [5.41, 5.74) is 1.85. The molecular weight excluding hydrogens is 304 g/mol. The van der Waals surface area contributed by atoms with Crippen molar-refractivity contribution in [3.63, 3.8) is 0 Å². The fourth-order valence-electron chi connectivity index (χ4n) is 2.81. The van der Waals surface area contributed by atoms with E-state index < -0.39 is 5.97 Å². The van der Waals surface area contributed by atoms with Crippen LogP contribution in [0.2, 0.25) is 0 Å². The van der Waals surface area contributed by atoms with Gasteiger partial charge in [-0.15, -0.1) is 10.2 Å². The number of carboxylic acids is 1. The lowest BCUT2D eigenvalue weighted by Crippen LogP contribution is -2.26. The maximum absolute atomic E-state index is 10.5. The number of rotatable bonds is 6. The van der Waals surface area contributed by atoms with Gasteiger partial charge in [-0.3, -0.25) is 4.90 Å². The number of aromatic nitrogens is 2. The summed E-state index contributed by atoms with van der Waals surface area (Å²) in [6.07, 6.45) is 3.54. The molecule has 3 rings (SSSR count). The highest BCUT2D eigenvalue weighted by atomic mass is 16.4. The summed E-state index contributed by atoms with van der Waals surface area (Å²) in [6.45, 7) is 2.99. The van der Waals surface area contributed by atoms with E-state index in [1.807, 2.05) is 12.1 Å². The maximum Gasteiger partial charge on any atom is 0.328 e. The molecule has 124 valence electrons. The lowest BCUT2D eigenvalue weighted by atomic mass is 10.2. The van der Waals surface area contributed by atoms with Crippen LogP contribution in [-0.4, -0.2) is 45.3 Å². The van der Waals surface area contributed by atoms with Gasteiger partial charge in [-0.2, -0.15) is 0 Å². The van der Waals surface area contributed by atoms with E-state index in [0.29, 0.717) is 17.6 Å². The summed E-state index contributed by atoms with van der Waals surface area (Å²) in [5.74, 6) is -0.280. The zero-order valence-electron chi connectivity index (χ0n) is 13.3. The summed E-state index contributed by atoms with van der Waals surface area (Å²) >= 11 is 0. The Hall–Kier alpha value is -2.73. The van der Waals surface area contributed by atoms with Gasteiger partial charge in [0.2, 0.25) is 0 Å². The van der Waals surface area contributed by atoms with Gasteiger partial charge in [0, 0.05) is 31.8 Å². The van der Waals surface area contributed by atoms with Crippen molar-refractivity contribution in [2.75, 3.05) is 18.4 Å². The predicted octanol–water partition coefficient (Wildman–Crippen LogP) is 2.26. The molecule has 24 heavy (non-hydrogen) atoms. The van der Waals surface area contributed by atoms with Crippen molar-refractivity contribution in [1.82, 2.24) is 15.1 Å². The van der Waals surface area contributed by atoms with Gasteiger partial charge in [0.05, 0.1) is 5.69 Å². The van der Waals surface area contributed by atoms with Crippen LogP contribution in [0.3, 0.4) is 0 Å². The molecule has 1 saturated heterocycles. The highest BCUT2D eigenvalue weighted by Gasteiger charge is 2.22. The summed E-state index contributed by atoms with van der Waals surface area (Å²) in [7, 11) is 0. The number of likely N-dealkylation sites (tertiary alicyclic amines) is 1. The summed E-state index contributed by atoms with van der Waals surface area (Å²) < 4.78 is 0. The van der Waals surface area contributed by atoms with Crippen molar-refractivity contribution in [2.24, 2.45) is 0 Å². The van der Waals surface area contributed by atoms with Crippen molar-refractivity contribution >= 4 is 17.9 Å². The van der Waals surface area contributed by atoms with Gasteiger partial charge >= 0.3 is 5.97 Å². The number of carboxylic acid groups (broad SMARTS) is 1. The minimum absolute atomic E-state index is 0.350. The number of benzene rings is 1. The topological polar surface area (TPSA) is 78.4 Å². The van der Waals surface area contributed by atoms with Gasteiger partial charge in [0.15, 0.2) is 0 Å². The standard InChI is InChI=1S/C18H20N4O2/c23-18(24)9-7-15-6-8-17(21-20-15)19-16-10-11-22(13-16)12-14-4-2-1-3-5-14/h1-9,16H,10-13H2,(H,19,21)(H,23,24)/t16-/m1/s1. The van der Waals surface area contributed by atoms with Crippen LogP contribution in [0.25, 0.3) is 6.08 Å². The molecule has 0 bridgehead atoms. The van der Waals surface area contributed by atoms with Crippen LogP contribution >= 0.6 is 0 Å². The van der Waals surface area contributed by atoms with E-state index in [1.54, 1.807) is 6.07 Å². The number of anilines is 1. The van der Waals surface area contributed by atoms with E-state index in [4.69, 9.17) is 5.11 Å². The van der Waals surface area contributed by atoms with Crippen LogP contribution in [0.15, 0.2) is 48.5 Å². The van der Waals surface area contributed by atoms with Gasteiger partial charge < -0.3 is 10.4 Å². The SMILES string of the molecule is O=C(O)C=Cc1ccc(N[C@@H]2CCN(Cc3ccccc3)C2)nn1.